The molecular weight excluding hydrogens is 364 g/mol. The van der Waals surface area contributed by atoms with Gasteiger partial charge in [-0.1, -0.05) is 37.1 Å². The van der Waals surface area contributed by atoms with Crippen molar-refractivity contribution in [3.8, 4) is 11.5 Å². The zero-order chi connectivity index (χ0) is 20.2. The lowest BCUT2D eigenvalue weighted by Gasteiger charge is -2.31. The normalized spacial score (nSPS) is 15.8. The molecule has 29 heavy (non-hydrogen) atoms. The van der Waals surface area contributed by atoms with Crippen LogP contribution in [0.5, 0.6) is 11.5 Å². The van der Waals surface area contributed by atoms with Gasteiger partial charge in [0.05, 0.1) is 6.54 Å². The van der Waals surface area contributed by atoms with Crippen LogP contribution in [0.2, 0.25) is 0 Å². The fourth-order valence-electron chi connectivity index (χ4n) is 4.46. The minimum Gasteiger partial charge on any atom is -0.454 e. The summed E-state index contributed by atoms with van der Waals surface area (Å²) in [6, 6.07) is 14.7. The van der Waals surface area contributed by atoms with Gasteiger partial charge >= 0.3 is 0 Å². The molecule has 1 fully saturated rings. The molecule has 1 amide bonds. The van der Waals surface area contributed by atoms with E-state index in [1.165, 1.54) is 12.8 Å². The Morgan fingerprint density at radius 1 is 1.07 bits per heavy atom. The average molecular weight is 395 g/mol. The summed E-state index contributed by atoms with van der Waals surface area (Å²) >= 11 is 0. The third-order valence-corrected chi connectivity index (χ3v) is 6.03. The molecule has 0 N–H and O–H groups in total. The Hall–Kier alpha value is -2.53. The van der Waals surface area contributed by atoms with E-state index in [0.717, 1.165) is 47.7 Å². The molecular formula is C24H30N2O3. The molecule has 154 valence electrons. The first-order chi connectivity index (χ1) is 14.2. The van der Waals surface area contributed by atoms with Crippen LogP contribution in [0.25, 0.3) is 0 Å². The summed E-state index contributed by atoms with van der Waals surface area (Å²) in [5, 5.41) is 0. The second-order valence-corrected chi connectivity index (χ2v) is 7.96. The minimum absolute atomic E-state index is 0.162. The number of likely N-dealkylation sites (N-methyl/N-ethyl adjacent to an activating group) is 1. The molecule has 0 spiro atoms. The quantitative estimate of drug-likeness (QED) is 0.692. The lowest BCUT2D eigenvalue weighted by molar-refractivity contribution is -0.120. The molecule has 0 atom stereocenters. The lowest BCUT2D eigenvalue weighted by atomic mass is 10.1. The van der Waals surface area contributed by atoms with Crippen molar-refractivity contribution in [1.29, 1.82) is 0 Å². The highest BCUT2D eigenvalue weighted by Gasteiger charge is 2.27. The molecule has 1 saturated carbocycles. The number of benzene rings is 2. The zero-order valence-electron chi connectivity index (χ0n) is 17.4. The molecule has 0 saturated heterocycles. The monoisotopic (exact) mass is 394 g/mol. The van der Waals surface area contributed by atoms with Gasteiger partial charge in [-0.25, -0.2) is 0 Å². The van der Waals surface area contributed by atoms with Gasteiger partial charge in [0.1, 0.15) is 0 Å². The van der Waals surface area contributed by atoms with Crippen molar-refractivity contribution in [2.75, 3.05) is 24.8 Å². The Morgan fingerprint density at radius 2 is 1.83 bits per heavy atom. The molecule has 1 heterocycles. The van der Waals surface area contributed by atoms with E-state index < -0.39 is 0 Å². The fraction of sp³-hybridized carbons (Fsp3) is 0.458. The van der Waals surface area contributed by atoms with Crippen LogP contribution in [0.4, 0.5) is 5.69 Å². The topological polar surface area (TPSA) is 42.0 Å². The van der Waals surface area contributed by atoms with E-state index in [0.29, 0.717) is 19.1 Å². The van der Waals surface area contributed by atoms with Gasteiger partial charge in [0, 0.05) is 24.8 Å². The van der Waals surface area contributed by atoms with Crippen LogP contribution < -0.4 is 14.4 Å². The average Bonchev–Trinajstić information content (AvgIpc) is 3.41. The second kappa shape index (κ2) is 8.87. The predicted octanol–water partition coefficient (Wildman–Crippen LogP) is 4.52. The van der Waals surface area contributed by atoms with Gasteiger partial charge in [-0.3, -0.25) is 9.69 Å². The Labute approximate surface area is 173 Å². The second-order valence-electron chi connectivity index (χ2n) is 7.96. The number of amides is 1. The van der Waals surface area contributed by atoms with Crippen molar-refractivity contribution in [3.05, 3.63) is 53.6 Å². The van der Waals surface area contributed by atoms with Gasteiger partial charge in [-0.2, -0.15) is 0 Å². The first-order valence-corrected chi connectivity index (χ1v) is 10.6. The Balaban J connectivity index is 1.52. The molecule has 5 nitrogen and oxygen atoms in total. The van der Waals surface area contributed by atoms with Gasteiger partial charge in [0.2, 0.25) is 12.7 Å². The van der Waals surface area contributed by atoms with E-state index >= 15 is 0 Å². The minimum atomic E-state index is 0.162. The molecule has 0 radical (unpaired) electrons. The summed E-state index contributed by atoms with van der Waals surface area (Å²) in [5.41, 5.74) is 3.30. The Morgan fingerprint density at radius 3 is 2.59 bits per heavy atom. The van der Waals surface area contributed by atoms with Gasteiger partial charge in [-0.05, 0) is 56.0 Å². The maximum atomic E-state index is 13.3. The summed E-state index contributed by atoms with van der Waals surface area (Å²) in [6.07, 6.45) is 4.81. The number of hydrogen-bond donors (Lipinski definition) is 0. The number of carbonyl (C=O) groups excluding carboxylic acids is 1. The maximum Gasteiger partial charge on any atom is 0.241 e. The smallest absolute Gasteiger partial charge is 0.241 e. The number of carbonyl (C=O) groups is 1. The highest BCUT2D eigenvalue weighted by Crippen LogP contribution is 2.34. The van der Waals surface area contributed by atoms with Crippen LogP contribution >= 0.6 is 0 Å². The largest absolute Gasteiger partial charge is 0.454 e. The molecule has 0 unspecified atom stereocenters. The Kier molecular flexibility index (Phi) is 6.05. The SMILES string of the molecule is CCN(C(=O)CN(Cc1ccc2c(c1)OCO2)C1CCCC1)c1ccccc1C. The zero-order valence-corrected chi connectivity index (χ0v) is 17.4. The third kappa shape index (κ3) is 4.40. The van der Waals surface area contributed by atoms with Crippen molar-refractivity contribution in [3.63, 3.8) is 0 Å². The number of aryl methyl sites for hydroxylation is 1. The standard InChI is InChI=1S/C24H30N2O3/c1-3-26(21-11-7-4-8-18(21)2)24(27)16-25(20-9-5-6-10-20)15-19-12-13-22-23(14-19)29-17-28-22/h4,7-8,11-14,20H,3,5-6,9-10,15-17H2,1-2H3. The van der Waals surface area contributed by atoms with Crippen molar-refractivity contribution in [1.82, 2.24) is 4.90 Å². The van der Waals surface area contributed by atoms with Crippen molar-refractivity contribution in [2.24, 2.45) is 0 Å². The highest BCUT2D eigenvalue weighted by atomic mass is 16.7. The summed E-state index contributed by atoms with van der Waals surface area (Å²) in [6.45, 7) is 6.24. The van der Waals surface area contributed by atoms with Crippen molar-refractivity contribution in [2.45, 2.75) is 52.1 Å². The van der Waals surface area contributed by atoms with E-state index in [-0.39, 0.29) is 12.7 Å². The summed E-state index contributed by atoms with van der Waals surface area (Å²) in [5.74, 6) is 1.76. The van der Waals surface area contributed by atoms with Crippen LogP contribution in [0.1, 0.15) is 43.7 Å². The van der Waals surface area contributed by atoms with E-state index in [1.807, 2.05) is 42.2 Å². The molecule has 2 aromatic carbocycles. The molecule has 0 bridgehead atoms. The number of anilines is 1. The van der Waals surface area contributed by atoms with Gasteiger partial charge < -0.3 is 14.4 Å². The van der Waals surface area contributed by atoms with Crippen LogP contribution in [0.15, 0.2) is 42.5 Å². The molecule has 5 heteroatoms. The molecule has 2 aromatic rings. The van der Waals surface area contributed by atoms with Crippen LogP contribution in [0, 0.1) is 6.92 Å². The number of para-hydroxylation sites is 1. The first kappa shape index (κ1) is 19.8. The first-order valence-electron chi connectivity index (χ1n) is 10.6. The lowest BCUT2D eigenvalue weighted by Crippen LogP contribution is -2.44. The fourth-order valence-corrected chi connectivity index (χ4v) is 4.46. The molecule has 4 rings (SSSR count). The number of hydrogen-bond acceptors (Lipinski definition) is 4. The number of ether oxygens (including phenoxy) is 2. The third-order valence-electron chi connectivity index (χ3n) is 6.03. The molecule has 2 aliphatic rings. The number of rotatable bonds is 7. The molecule has 1 aliphatic heterocycles. The number of nitrogens with zero attached hydrogens (tertiary/aromatic N) is 2. The maximum absolute atomic E-state index is 13.3. The van der Waals surface area contributed by atoms with Crippen LogP contribution in [-0.2, 0) is 11.3 Å². The van der Waals surface area contributed by atoms with E-state index in [9.17, 15) is 4.79 Å². The van der Waals surface area contributed by atoms with E-state index in [1.54, 1.807) is 0 Å². The molecule has 1 aliphatic carbocycles. The predicted molar refractivity (Wildman–Crippen MR) is 114 cm³/mol. The van der Waals surface area contributed by atoms with Crippen molar-refractivity contribution < 1.29 is 14.3 Å². The van der Waals surface area contributed by atoms with Crippen molar-refractivity contribution >= 4 is 11.6 Å². The van der Waals surface area contributed by atoms with Crippen LogP contribution in [0.3, 0.4) is 0 Å². The highest BCUT2D eigenvalue weighted by molar-refractivity contribution is 5.95. The van der Waals surface area contributed by atoms with E-state index in [2.05, 4.69) is 24.0 Å². The summed E-state index contributed by atoms with van der Waals surface area (Å²) in [7, 11) is 0. The van der Waals surface area contributed by atoms with Crippen LogP contribution in [-0.4, -0.2) is 36.7 Å². The summed E-state index contributed by atoms with van der Waals surface area (Å²) < 4.78 is 11.0. The van der Waals surface area contributed by atoms with Gasteiger partial charge in [0.15, 0.2) is 11.5 Å². The van der Waals surface area contributed by atoms with Gasteiger partial charge in [0.25, 0.3) is 0 Å². The number of fused-ring (bicyclic) bond motifs is 1. The molecule has 0 aromatic heterocycles. The Bertz CT molecular complexity index is 861. The van der Waals surface area contributed by atoms with Gasteiger partial charge in [-0.15, -0.1) is 0 Å². The van der Waals surface area contributed by atoms with E-state index in [4.69, 9.17) is 9.47 Å². The summed E-state index contributed by atoms with van der Waals surface area (Å²) in [4.78, 5) is 17.6.